The SMILES string of the molecule is COCCOc1nc(N)c2[nH]c(=O)n(Cc3ccc(CNCCc4ccccc4)cc3)c2n1. The monoisotopic (exact) mass is 448 g/mol. The Balaban J connectivity index is 1.40. The molecule has 172 valence electrons. The Morgan fingerprint density at radius 1 is 1.00 bits per heavy atom. The van der Waals surface area contributed by atoms with Crippen molar-refractivity contribution in [1.82, 2.24) is 24.8 Å². The van der Waals surface area contributed by atoms with Gasteiger partial charge >= 0.3 is 11.7 Å². The number of nitrogen functional groups attached to an aromatic ring is 1. The molecule has 4 rings (SSSR count). The maximum absolute atomic E-state index is 12.5. The second kappa shape index (κ2) is 10.8. The number of fused-ring (bicyclic) bond motifs is 1. The summed E-state index contributed by atoms with van der Waals surface area (Å²) in [6, 6.07) is 18.7. The maximum atomic E-state index is 12.5. The summed E-state index contributed by atoms with van der Waals surface area (Å²) in [5, 5.41) is 3.47. The highest BCUT2D eigenvalue weighted by atomic mass is 16.5. The van der Waals surface area contributed by atoms with Gasteiger partial charge in [-0.15, -0.1) is 0 Å². The van der Waals surface area contributed by atoms with Crippen LogP contribution in [0.4, 0.5) is 5.82 Å². The van der Waals surface area contributed by atoms with Crippen LogP contribution < -0.4 is 21.5 Å². The topological polar surface area (TPSA) is 120 Å². The minimum Gasteiger partial charge on any atom is -0.461 e. The van der Waals surface area contributed by atoms with Crippen LogP contribution in [0.2, 0.25) is 0 Å². The molecule has 0 radical (unpaired) electrons. The first-order chi connectivity index (χ1) is 16.1. The van der Waals surface area contributed by atoms with Gasteiger partial charge in [0.2, 0.25) is 0 Å². The lowest BCUT2D eigenvalue weighted by Crippen LogP contribution is -2.18. The van der Waals surface area contributed by atoms with Crippen LogP contribution in [-0.2, 0) is 24.2 Å². The van der Waals surface area contributed by atoms with Gasteiger partial charge in [0.25, 0.3) is 0 Å². The summed E-state index contributed by atoms with van der Waals surface area (Å²) < 4.78 is 12.0. The summed E-state index contributed by atoms with van der Waals surface area (Å²) in [5.41, 5.74) is 9.99. The molecular weight excluding hydrogens is 420 g/mol. The maximum Gasteiger partial charge on any atom is 0.328 e. The van der Waals surface area contributed by atoms with Crippen molar-refractivity contribution < 1.29 is 9.47 Å². The molecular formula is C24H28N6O3. The van der Waals surface area contributed by atoms with Crippen molar-refractivity contribution in [3.8, 4) is 6.01 Å². The zero-order valence-corrected chi connectivity index (χ0v) is 18.6. The molecule has 9 heteroatoms. The second-order valence-corrected chi connectivity index (χ2v) is 7.68. The van der Waals surface area contributed by atoms with E-state index in [0.717, 1.165) is 25.1 Å². The third-order valence-corrected chi connectivity index (χ3v) is 5.27. The van der Waals surface area contributed by atoms with E-state index >= 15 is 0 Å². The van der Waals surface area contributed by atoms with E-state index in [2.05, 4.69) is 56.7 Å². The standard InChI is InChI=1S/C24H28N6O3/c1-32-13-14-33-23-28-21(25)20-22(29-23)30(24(31)27-20)16-19-9-7-18(8-10-19)15-26-12-11-17-5-3-2-4-6-17/h2-10,26H,11-16H2,1H3,(H,27,31)(H2,25,28,29). The van der Waals surface area contributed by atoms with Gasteiger partial charge in [-0.1, -0.05) is 54.6 Å². The van der Waals surface area contributed by atoms with Gasteiger partial charge in [0.15, 0.2) is 11.5 Å². The molecule has 9 nitrogen and oxygen atoms in total. The number of nitrogens with one attached hydrogen (secondary N) is 2. The minimum absolute atomic E-state index is 0.113. The Labute approximate surface area is 191 Å². The fourth-order valence-corrected chi connectivity index (χ4v) is 3.51. The number of benzene rings is 2. The average molecular weight is 449 g/mol. The van der Waals surface area contributed by atoms with E-state index < -0.39 is 0 Å². The van der Waals surface area contributed by atoms with Crippen molar-refractivity contribution in [3.63, 3.8) is 0 Å². The van der Waals surface area contributed by atoms with Gasteiger partial charge in [0, 0.05) is 13.7 Å². The third-order valence-electron chi connectivity index (χ3n) is 5.27. The van der Waals surface area contributed by atoms with Crippen molar-refractivity contribution >= 4 is 17.0 Å². The van der Waals surface area contributed by atoms with Crippen LogP contribution in [0, 0.1) is 0 Å². The highest BCUT2D eigenvalue weighted by Gasteiger charge is 2.15. The Hall–Kier alpha value is -3.69. The van der Waals surface area contributed by atoms with E-state index in [-0.39, 0.29) is 24.1 Å². The fourth-order valence-electron chi connectivity index (χ4n) is 3.51. The van der Waals surface area contributed by atoms with Gasteiger partial charge < -0.3 is 25.5 Å². The minimum atomic E-state index is -0.299. The average Bonchev–Trinajstić information content (AvgIpc) is 3.14. The second-order valence-electron chi connectivity index (χ2n) is 7.68. The molecule has 2 heterocycles. The van der Waals surface area contributed by atoms with Crippen LogP contribution in [0.1, 0.15) is 16.7 Å². The molecule has 0 atom stereocenters. The summed E-state index contributed by atoms with van der Waals surface area (Å²) in [6.07, 6.45) is 0.991. The fraction of sp³-hybridized carbons (Fsp3) is 0.292. The van der Waals surface area contributed by atoms with Gasteiger partial charge in [-0.2, -0.15) is 9.97 Å². The highest BCUT2D eigenvalue weighted by molar-refractivity contribution is 5.81. The van der Waals surface area contributed by atoms with Crippen LogP contribution in [0.25, 0.3) is 11.2 Å². The zero-order chi connectivity index (χ0) is 23.0. The number of aromatic amines is 1. The Kier molecular flexibility index (Phi) is 7.33. The number of anilines is 1. The number of hydrogen-bond acceptors (Lipinski definition) is 7. The molecule has 0 fully saturated rings. The van der Waals surface area contributed by atoms with Crippen molar-refractivity contribution in [2.24, 2.45) is 0 Å². The van der Waals surface area contributed by atoms with Crippen molar-refractivity contribution in [2.45, 2.75) is 19.5 Å². The van der Waals surface area contributed by atoms with E-state index in [9.17, 15) is 4.79 Å². The van der Waals surface area contributed by atoms with Gasteiger partial charge in [-0.05, 0) is 29.7 Å². The van der Waals surface area contributed by atoms with Crippen molar-refractivity contribution in [2.75, 3.05) is 32.6 Å². The Bertz CT molecular complexity index is 1240. The molecule has 0 spiro atoms. The van der Waals surface area contributed by atoms with Crippen LogP contribution >= 0.6 is 0 Å². The molecule has 0 aliphatic rings. The Morgan fingerprint density at radius 2 is 1.76 bits per heavy atom. The molecule has 4 N–H and O–H groups in total. The molecule has 0 aliphatic heterocycles. The third kappa shape index (κ3) is 5.76. The van der Waals surface area contributed by atoms with Crippen LogP contribution in [0.3, 0.4) is 0 Å². The molecule has 0 unspecified atom stereocenters. The zero-order valence-electron chi connectivity index (χ0n) is 18.6. The molecule has 0 amide bonds. The predicted octanol–water partition coefficient (Wildman–Crippen LogP) is 2.11. The summed E-state index contributed by atoms with van der Waals surface area (Å²) in [5.74, 6) is 0.167. The molecule has 0 saturated carbocycles. The first-order valence-corrected chi connectivity index (χ1v) is 10.8. The smallest absolute Gasteiger partial charge is 0.328 e. The molecule has 4 aromatic rings. The lowest BCUT2D eigenvalue weighted by Gasteiger charge is -2.08. The number of hydrogen-bond donors (Lipinski definition) is 3. The molecule has 0 aliphatic carbocycles. The molecule has 33 heavy (non-hydrogen) atoms. The lowest BCUT2D eigenvalue weighted by molar-refractivity contribution is 0.141. The summed E-state index contributed by atoms with van der Waals surface area (Å²) in [4.78, 5) is 23.7. The number of methoxy groups -OCH3 is 1. The summed E-state index contributed by atoms with van der Waals surface area (Å²) >= 11 is 0. The number of ether oxygens (including phenoxy) is 2. The predicted molar refractivity (Wildman–Crippen MR) is 127 cm³/mol. The van der Waals surface area contributed by atoms with Gasteiger partial charge in [-0.3, -0.25) is 4.57 Å². The van der Waals surface area contributed by atoms with Crippen LogP contribution in [0.15, 0.2) is 59.4 Å². The number of nitrogens with zero attached hydrogens (tertiary/aromatic N) is 3. The summed E-state index contributed by atoms with van der Waals surface area (Å²) in [7, 11) is 1.58. The molecule has 2 aromatic heterocycles. The van der Waals surface area contributed by atoms with Crippen LogP contribution in [0.5, 0.6) is 6.01 Å². The van der Waals surface area contributed by atoms with Crippen molar-refractivity contribution in [1.29, 1.82) is 0 Å². The highest BCUT2D eigenvalue weighted by Crippen LogP contribution is 2.18. The Morgan fingerprint density at radius 3 is 2.52 bits per heavy atom. The van der Waals surface area contributed by atoms with E-state index in [1.165, 1.54) is 15.7 Å². The quantitative estimate of drug-likeness (QED) is 0.301. The molecule has 0 bridgehead atoms. The van der Waals surface area contributed by atoms with E-state index in [4.69, 9.17) is 15.2 Å². The number of H-pyrrole nitrogens is 1. The van der Waals surface area contributed by atoms with E-state index in [1.807, 2.05) is 18.2 Å². The first-order valence-electron chi connectivity index (χ1n) is 10.8. The van der Waals surface area contributed by atoms with Crippen LogP contribution in [-0.4, -0.2) is 46.4 Å². The van der Waals surface area contributed by atoms with Gasteiger partial charge in [-0.25, -0.2) is 4.79 Å². The van der Waals surface area contributed by atoms with Gasteiger partial charge in [0.05, 0.1) is 13.2 Å². The van der Waals surface area contributed by atoms with E-state index in [0.29, 0.717) is 24.3 Å². The first kappa shape index (κ1) is 22.5. The number of nitrogens with two attached hydrogens (primary N) is 1. The number of imidazole rings is 1. The largest absolute Gasteiger partial charge is 0.461 e. The molecule has 2 aromatic carbocycles. The van der Waals surface area contributed by atoms with Gasteiger partial charge in [0.1, 0.15) is 12.1 Å². The van der Waals surface area contributed by atoms with E-state index in [1.54, 1.807) is 7.11 Å². The number of aromatic nitrogens is 4. The summed E-state index contributed by atoms with van der Waals surface area (Å²) in [6.45, 7) is 2.73. The van der Waals surface area contributed by atoms with Crippen molar-refractivity contribution in [3.05, 3.63) is 81.8 Å². The number of rotatable bonds is 11. The normalized spacial score (nSPS) is 11.2. The lowest BCUT2D eigenvalue weighted by atomic mass is 10.1. The molecule has 0 saturated heterocycles.